The molecule has 1 fully saturated rings. The molecule has 160 valence electrons. The van der Waals surface area contributed by atoms with Crippen LogP contribution < -0.4 is 0 Å². The maximum atomic E-state index is 13.0. The Morgan fingerprint density at radius 3 is 2.59 bits per heavy atom. The van der Waals surface area contributed by atoms with Gasteiger partial charge in [-0.15, -0.1) is 0 Å². The normalized spacial score (nSPS) is 21.6. The highest BCUT2D eigenvalue weighted by molar-refractivity contribution is 8.18. The van der Waals surface area contributed by atoms with Crippen molar-refractivity contribution in [2.75, 3.05) is 13.1 Å². The maximum absolute atomic E-state index is 13.0. The van der Waals surface area contributed by atoms with Crippen LogP contribution in [-0.4, -0.2) is 57.6 Å². The van der Waals surface area contributed by atoms with Crippen LogP contribution in [-0.2, 0) is 21.7 Å². The van der Waals surface area contributed by atoms with E-state index < -0.39 is 0 Å². The molecule has 0 radical (unpaired) electrons. The van der Waals surface area contributed by atoms with E-state index in [0.717, 1.165) is 42.2 Å². The molecule has 0 bridgehead atoms. The average Bonchev–Trinajstić information content (AvgIpc) is 3.31. The van der Waals surface area contributed by atoms with E-state index in [1.807, 2.05) is 6.07 Å². The van der Waals surface area contributed by atoms with Crippen LogP contribution in [0.3, 0.4) is 0 Å². The molecule has 1 spiro atoms. The molecule has 1 amide bonds. The highest BCUT2D eigenvalue weighted by Crippen LogP contribution is 2.46. The van der Waals surface area contributed by atoms with Gasteiger partial charge in [0, 0.05) is 19.3 Å². The summed E-state index contributed by atoms with van der Waals surface area (Å²) < 4.78 is 6.29. The number of rotatable bonds is 2. The van der Waals surface area contributed by atoms with Gasteiger partial charge in [-0.05, 0) is 52.9 Å². The lowest BCUT2D eigenvalue weighted by Crippen LogP contribution is -2.44. The fraction of sp³-hybridized carbons (Fsp3) is 0.318. The maximum Gasteiger partial charge on any atom is 0.286 e. The van der Waals surface area contributed by atoms with Crippen LogP contribution in [0.15, 0.2) is 52.5 Å². The Kier molecular flexibility index (Phi) is 5.55. The van der Waals surface area contributed by atoms with Crippen molar-refractivity contribution in [3.8, 4) is 0 Å². The summed E-state index contributed by atoms with van der Waals surface area (Å²) in [6.45, 7) is 2.31. The Hall–Kier alpha value is -1.96. The number of carbonyl (C=O) groups is 1. The van der Waals surface area contributed by atoms with Crippen LogP contribution in [0.25, 0.3) is 5.57 Å². The number of benzene rings is 1. The number of amidine groups is 1. The van der Waals surface area contributed by atoms with Gasteiger partial charge < -0.3 is 9.64 Å². The third-order valence-corrected chi connectivity index (χ3v) is 7.77. The molecule has 1 aromatic heterocycles. The second-order valence-electron chi connectivity index (χ2n) is 9.55. The van der Waals surface area contributed by atoms with Gasteiger partial charge in [0.25, 0.3) is 5.91 Å². The second-order valence-corrected chi connectivity index (χ2v) is 10.9. The highest BCUT2D eigenvalue weighted by atomic mass is 35.5. The van der Waals surface area contributed by atoms with Gasteiger partial charge in [0.15, 0.2) is 5.17 Å². The number of hydrogen-bond acceptors (Lipinski definition) is 5. The summed E-state index contributed by atoms with van der Waals surface area (Å²) in [5, 5.41) is 0.980. The van der Waals surface area contributed by atoms with E-state index in [9.17, 15) is 4.79 Å². The topological polar surface area (TPSA) is 54.8 Å². The fourth-order valence-electron chi connectivity index (χ4n) is 4.87. The Labute approximate surface area is 200 Å². The number of aromatic nitrogens is 1. The van der Waals surface area contributed by atoms with Crippen molar-refractivity contribution in [2.45, 2.75) is 30.2 Å². The molecule has 0 aliphatic carbocycles. The summed E-state index contributed by atoms with van der Waals surface area (Å²) in [5.74, 6) is -0.173. The number of piperidine rings is 1. The number of carbonyl (C=O) groups excluding carboxylic acids is 1. The number of amides is 1. The lowest BCUT2D eigenvalue weighted by molar-refractivity contribution is -0.113. The second kappa shape index (κ2) is 8.12. The predicted octanol–water partition coefficient (Wildman–Crippen LogP) is 1.57. The number of hydrogen-bond donors (Lipinski definition) is 0. The zero-order valence-corrected chi connectivity index (χ0v) is 20.1. The van der Waals surface area contributed by atoms with Crippen molar-refractivity contribution in [1.29, 1.82) is 0 Å². The van der Waals surface area contributed by atoms with E-state index in [1.165, 1.54) is 22.9 Å². The number of allylic oxidation sites excluding steroid dienone is 1. The summed E-state index contributed by atoms with van der Waals surface area (Å²) >= 11 is 7.47. The first-order valence-corrected chi connectivity index (χ1v) is 12.1. The molecule has 5 rings (SSSR count). The minimum Gasteiger partial charge on any atom is -0.365 e. The monoisotopic (exact) mass is 461 g/mol. The lowest BCUT2D eigenvalue weighted by Gasteiger charge is -2.39. The Morgan fingerprint density at radius 1 is 1.16 bits per heavy atom. The quantitative estimate of drug-likeness (QED) is 0.386. The Balaban J connectivity index is 1.38. The van der Waals surface area contributed by atoms with Gasteiger partial charge in [-0.1, -0.05) is 47.0 Å². The van der Waals surface area contributed by atoms with Crippen LogP contribution in [0, 0.1) is 0 Å². The first-order valence-electron chi connectivity index (χ1n) is 10.9. The highest BCUT2D eigenvalue weighted by Gasteiger charge is 2.44. The molecule has 1 aromatic carbocycles. The van der Waals surface area contributed by atoms with Crippen molar-refractivity contribution in [3.63, 3.8) is 0 Å². The number of pyridine rings is 1. The SMILES string of the molecule is BC(B)(B)/C(=C1\SC(N2CCC3(CC2)OCc2ccccc23)=NC1=O)c1ccc(Cl)nc1. The Morgan fingerprint density at radius 2 is 1.91 bits per heavy atom. The van der Waals surface area contributed by atoms with Crippen LogP contribution >= 0.6 is 23.4 Å². The van der Waals surface area contributed by atoms with E-state index in [2.05, 4.69) is 62.7 Å². The summed E-state index contributed by atoms with van der Waals surface area (Å²) in [4.78, 5) is 24.6. The molecule has 3 aliphatic rings. The molecule has 2 aromatic rings. The van der Waals surface area contributed by atoms with Gasteiger partial charge in [-0.25, -0.2) is 4.98 Å². The third-order valence-electron chi connectivity index (χ3n) is 6.43. The van der Waals surface area contributed by atoms with E-state index in [4.69, 9.17) is 16.3 Å². The summed E-state index contributed by atoms with van der Waals surface area (Å²) in [7, 11) is 6.32. The molecular weight excluding hydrogens is 438 g/mol. The van der Waals surface area contributed by atoms with Gasteiger partial charge >= 0.3 is 0 Å². The molecule has 0 atom stereocenters. The minimum absolute atomic E-state index is 0.173. The molecule has 32 heavy (non-hydrogen) atoms. The predicted molar refractivity (Wildman–Crippen MR) is 138 cm³/mol. The van der Waals surface area contributed by atoms with E-state index in [1.54, 1.807) is 12.3 Å². The molecule has 10 heteroatoms. The summed E-state index contributed by atoms with van der Waals surface area (Å²) in [6.07, 6.45) is 3.52. The summed E-state index contributed by atoms with van der Waals surface area (Å²) in [5.41, 5.74) is 4.27. The van der Waals surface area contributed by atoms with Crippen molar-refractivity contribution < 1.29 is 9.53 Å². The number of likely N-dealkylation sites (tertiary alicyclic amines) is 1. The molecule has 1 saturated heterocycles. The first-order chi connectivity index (χ1) is 15.3. The molecular formula is C22H23B3ClN3O2S. The van der Waals surface area contributed by atoms with Crippen LogP contribution in [0.2, 0.25) is 10.3 Å². The van der Waals surface area contributed by atoms with Crippen molar-refractivity contribution in [3.05, 3.63) is 69.3 Å². The fourth-order valence-corrected chi connectivity index (χ4v) is 6.27. The minimum atomic E-state index is -0.244. The van der Waals surface area contributed by atoms with Crippen LogP contribution in [0.5, 0.6) is 0 Å². The van der Waals surface area contributed by atoms with Gasteiger partial charge in [0.2, 0.25) is 0 Å². The number of thioether (sulfide) groups is 1. The largest absolute Gasteiger partial charge is 0.365 e. The zero-order valence-electron chi connectivity index (χ0n) is 18.5. The average molecular weight is 461 g/mol. The van der Waals surface area contributed by atoms with Crippen LogP contribution in [0.1, 0.15) is 29.5 Å². The Bertz CT molecular complexity index is 1140. The lowest BCUT2D eigenvalue weighted by atomic mass is 9.39. The molecule has 0 N–H and O–H groups in total. The van der Waals surface area contributed by atoms with Gasteiger partial charge in [0.1, 0.15) is 5.15 Å². The number of aliphatic imine (C=N–C) groups is 1. The van der Waals surface area contributed by atoms with E-state index in [-0.39, 0.29) is 16.6 Å². The molecule has 0 saturated carbocycles. The third kappa shape index (κ3) is 3.84. The standard InChI is InChI=1S/C22H23B3ClN3O2S/c23-22(24,25)17(13-5-6-16(26)27-11-13)18-19(30)28-20(32-18)29-9-7-21(8-10-29)15-4-2-1-3-14(15)12-31-21/h1-6,11H,7-10,12,23-25H2/b18-17-. The van der Waals surface area contributed by atoms with Gasteiger partial charge in [-0.3, -0.25) is 4.79 Å². The molecule has 3 aliphatic heterocycles. The van der Waals surface area contributed by atoms with E-state index in [0.29, 0.717) is 16.7 Å². The van der Waals surface area contributed by atoms with Crippen molar-refractivity contribution in [1.82, 2.24) is 9.88 Å². The van der Waals surface area contributed by atoms with Crippen molar-refractivity contribution in [2.24, 2.45) is 4.99 Å². The zero-order chi connectivity index (χ0) is 22.5. The number of halogens is 1. The molecule has 0 unspecified atom stereocenters. The summed E-state index contributed by atoms with van der Waals surface area (Å²) in [6, 6.07) is 12.2. The number of ether oxygens (including phenoxy) is 1. The smallest absolute Gasteiger partial charge is 0.286 e. The number of fused-ring (bicyclic) bond motifs is 2. The van der Waals surface area contributed by atoms with Gasteiger partial charge in [-0.2, -0.15) is 4.99 Å². The number of nitrogens with zero attached hydrogens (tertiary/aromatic N) is 3. The first kappa shape index (κ1) is 21.9. The van der Waals surface area contributed by atoms with Gasteiger partial charge in [0.05, 0.1) is 40.7 Å². The van der Waals surface area contributed by atoms with Crippen LogP contribution in [0.4, 0.5) is 0 Å². The molecule has 4 heterocycles. The van der Waals surface area contributed by atoms with E-state index >= 15 is 0 Å². The molecule has 5 nitrogen and oxygen atoms in total. The van der Waals surface area contributed by atoms with Crippen molar-refractivity contribution >= 4 is 63.5 Å².